The third-order valence-corrected chi connectivity index (χ3v) is 4.04. The first-order valence-corrected chi connectivity index (χ1v) is 7.04. The Kier molecular flexibility index (Phi) is 4.53. The highest BCUT2D eigenvalue weighted by Gasteiger charge is 2.28. The number of sulfonamides is 1. The maximum atomic E-state index is 11.5. The van der Waals surface area contributed by atoms with Crippen molar-refractivity contribution < 1.29 is 13.2 Å². The Balaban J connectivity index is 2.54. The first kappa shape index (κ1) is 12.4. The summed E-state index contributed by atoms with van der Waals surface area (Å²) in [5.41, 5.74) is 0. The Hall–Kier alpha value is -0.620. The minimum absolute atomic E-state index is 0.0567. The molecule has 1 unspecified atom stereocenters. The molecule has 1 N–H and O–H groups in total. The summed E-state index contributed by atoms with van der Waals surface area (Å²) in [6.45, 7) is 1.16. The molecule has 1 amide bonds. The van der Waals surface area contributed by atoms with Gasteiger partial charge in [-0.1, -0.05) is 6.42 Å². The van der Waals surface area contributed by atoms with E-state index in [0.29, 0.717) is 25.9 Å². The Morgan fingerprint density at radius 1 is 1.47 bits per heavy atom. The zero-order valence-electron chi connectivity index (χ0n) is 8.98. The van der Waals surface area contributed by atoms with E-state index in [9.17, 15) is 13.2 Å². The van der Waals surface area contributed by atoms with Crippen LogP contribution in [0.2, 0.25) is 0 Å². The summed E-state index contributed by atoms with van der Waals surface area (Å²) in [6, 6.07) is 0.0567. The van der Waals surface area contributed by atoms with E-state index in [0.717, 1.165) is 19.3 Å². The molecule has 0 spiro atoms. The van der Waals surface area contributed by atoms with Crippen molar-refractivity contribution in [2.75, 3.05) is 19.3 Å². The maximum absolute atomic E-state index is 11.5. The topological polar surface area (TPSA) is 66.5 Å². The smallest absolute Gasteiger partial charge is 0.211 e. The van der Waals surface area contributed by atoms with Gasteiger partial charge in [0.1, 0.15) is 0 Å². The van der Waals surface area contributed by atoms with Crippen molar-refractivity contribution in [2.24, 2.45) is 0 Å². The predicted octanol–water partition coefficient (Wildman–Crippen LogP) is -0.0634. The van der Waals surface area contributed by atoms with Gasteiger partial charge in [-0.25, -0.2) is 8.42 Å². The fourth-order valence-corrected chi connectivity index (χ4v) is 3.22. The molecular weight excluding hydrogens is 216 g/mol. The average Bonchev–Trinajstić information content (AvgIpc) is 2.17. The summed E-state index contributed by atoms with van der Waals surface area (Å²) >= 11 is 0. The highest BCUT2D eigenvalue weighted by molar-refractivity contribution is 7.88. The number of piperidine rings is 1. The van der Waals surface area contributed by atoms with E-state index in [1.807, 2.05) is 0 Å². The number of carbonyl (C=O) groups is 1. The minimum atomic E-state index is -3.09. The summed E-state index contributed by atoms with van der Waals surface area (Å²) < 4.78 is 24.5. The lowest BCUT2D eigenvalue weighted by Gasteiger charge is -2.33. The largest absolute Gasteiger partial charge is 0.359 e. The van der Waals surface area contributed by atoms with Crippen LogP contribution < -0.4 is 5.32 Å². The monoisotopic (exact) mass is 234 g/mol. The van der Waals surface area contributed by atoms with Gasteiger partial charge in [0, 0.05) is 19.1 Å². The standard InChI is InChI=1S/C9H18N2O3S/c1-15(13,14)11-7-3-2-4-9(11)5-6-10-8-12/h8-9H,2-7H2,1H3,(H,10,12). The van der Waals surface area contributed by atoms with Crippen molar-refractivity contribution in [1.29, 1.82) is 0 Å². The zero-order valence-corrected chi connectivity index (χ0v) is 9.79. The fourth-order valence-electron chi connectivity index (χ4n) is 2.01. The summed E-state index contributed by atoms with van der Waals surface area (Å²) in [6.07, 6.45) is 5.49. The second-order valence-electron chi connectivity index (χ2n) is 3.88. The normalized spacial score (nSPS) is 23.7. The molecule has 0 aliphatic carbocycles. The highest BCUT2D eigenvalue weighted by Crippen LogP contribution is 2.21. The molecule has 0 aromatic carbocycles. The van der Waals surface area contributed by atoms with Crippen LogP contribution in [0.15, 0.2) is 0 Å². The van der Waals surface area contributed by atoms with Crippen LogP contribution in [0.4, 0.5) is 0 Å². The molecule has 1 aliphatic heterocycles. The second-order valence-corrected chi connectivity index (χ2v) is 5.82. The first-order valence-electron chi connectivity index (χ1n) is 5.19. The molecule has 1 saturated heterocycles. The highest BCUT2D eigenvalue weighted by atomic mass is 32.2. The van der Waals surface area contributed by atoms with Gasteiger partial charge in [0.05, 0.1) is 6.26 Å². The Morgan fingerprint density at radius 3 is 2.80 bits per heavy atom. The van der Waals surface area contributed by atoms with Crippen molar-refractivity contribution in [3.8, 4) is 0 Å². The molecule has 0 saturated carbocycles. The van der Waals surface area contributed by atoms with Crippen molar-refractivity contribution in [2.45, 2.75) is 31.7 Å². The van der Waals surface area contributed by atoms with E-state index < -0.39 is 10.0 Å². The van der Waals surface area contributed by atoms with Gasteiger partial charge in [-0.2, -0.15) is 4.31 Å². The SMILES string of the molecule is CS(=O)(=O)N1CCCCC1CCNC=O. The fraction of sp³-hybridized carbons (Fsp3) is 0.889. The first-order chi connectivity index (χ1) is 7.05. The molecular formula is C9H18N2O3S. The second kappa shape index (κ2) is 5.46. The molecule has 15 heavy (non-hydrogen) atoms. The Labute approximate surface area is 90.9 Å². The number of rotatable bonds is 5. The van der Waals surface area contributed by atoms with Crippen molar-refractivity contribution in [3.63, 3.8) is 0 Å². The van der Waals surface area contributed by atoms with Crippen LogP contribution in [0.5, 0.6) is 0 Å². The summed E-state index contributed by atoms with van der Waals surface area (Å²) in [7, 11) is -3.09. The molecule has 1 heterocycles. The average molecular weight is 234 g/mol. The molecule has 88 valence electrons. The van der Waals surface area contributed by atoms with E-state index in [2.05, 4.69) is 5.32 Å². The van der Waals surface area contributed by atoms with E-state index in [-0.39, 0.29) is 6.04 Å². The van der Waals surface area contributed by atoms with Crippen molar-refractivity contribution >= 4 is 16.4 Å². The van der Waals surface area contributed by atoms with Crippen LogP contribution in [-0.2, 0) is 14.8 Å². The molecule has 0 radical (unpaired) electrons. The van der Waals surface area contributed by atoms with Crippen LogP contribution in [-0.4, -0.2) is 44.5 Å². The molecule has 0 aromatic rings. The van der Waals surface area contributed by atoms with Gasteiger partial charge in [-0.05, 0) is 19.3 Å². The van der Waals surface area contributed by atoms with E-state index in [1.54, 1.807) is 4.31 Å². The van der Waals surface area contributed by atoms with Gasteiger partial charge in [0.2, 0.25) is 16.4 Å². The maximum Gasteiger partial charge on any atom is 0.211 e. The van der Waals surface area contributed by atoms with Crippen LogP contribution in [0.1, 0.15) is 25.7 Å². The molecule has 6 heteroatoms. The van der Waals surface area contributed by atoms with Crippen molar-refractivity contribution in [3.05, 3.63) is 0 Å². The van der Waals surface area contributed by atoms with Crippen LogP contribution in [0, 0.1) is 0 Å². The lowest BCUT2D eigenvalue weighted by Crippen LogP contribution is -2.44. The number of amides is 1. The molecule has 1 aliphatic rings. The molecule has 1 fully saturated rings. The third kappa shape index (κ3) is 3.79. The predicted molar refractivity (Wildman–Crippen MR) is 57.9 cm³/mol. The molecule has 0 aromatic heterocycles. The van der Waals surface area contributed by atoms with Crippen LogP contribution >= 0.6 is 0 Å². The number of hydrogen-bond acceptors (Lipinski definition) is 3. The number of nitrogens with zero attached hydrogens (tertiary/aromatic N) is 1. The Bertz CT molecular complexity index is 302. The molecule has 0 bridgehead atoms. The van der Waals surface area contributed by atoms with Gasteiger partial charge in [-0.3, -0.25) is 4.79 Å². The summed E-state index contributed by atoms with van der Waals surface area (Å²) in [5, 5.41) is 2.57. The molecule has 5 nitrogen and oxygen atoms in total. The number of carbonyl (C=O) groups excluding carboxylic acids is 1. The number of nitrogens with one attached hydrogen (secondary N) is 1. The third-order valence-electron chi connectivity index (χ3n) is 2.70. The van der Waals surface area contributed by atoms with E-state index in [1.165, 1.54) is 6.26 Å². The van der Waals surface area contributed by atoms with Gasteiger partial charge in [0.15, 0.2) is 0 Å². The molecule has 1 atom stereocenters. The van der Waals surface area contributed by atoms with Gasteiger partial charge >= 0.3 is 0 Å². The van der Waals surface area contributed by atoms with Gasteiger partial charge < -0.3 is 5.32 Å². The minimum Gasteiger partial charge on any atom is -0.359 e. The molecule has 1 rings (SSSR count). The van der Waals surface area contributed by atoms with Crippen LogP contribution in [0.25, 0.3) is 0 Å². The Morgan fingerprint density at radius 2 is 2.20 bits per heavy atom. The van der Waals surface area contributed by atoms with Crippen LogP contribution in [0.3, 0.4) is 0 Å². The lowest BCUT2D eigenvalue weighted by molar-refractivity contribution is -0.109. The summed E-state index contributed by atoms with van der Waals surface area (Å²) in [4.78, 5) is 10.1. The quantitative estimate of drug-likeness (QED) is 0.535. The van der Waals surface area contributed by atoms with E-state index >= 15 is 0 Å². The van der Waals surface area contributed by atoms with Gasteiger partial charge in [0.25, 0.3) is 0 Å². The lowest BCUT2D eigenvalue weighted by atomic mass is 10.0. The van der Waals surface area contributed by atoms with Gasteiger partial charge in [-0.15, -0.1) is 0 Å². The number of hydrogen-bond donors (Lipinski definition) is 1. The summed E-state index contributed by atoms with van der Waals surface area (Å²) in [5.74, 6) is 0. The van der Waals surface area contributed by atoms with Crippen molar-refractivity contribution in [1.82, 2.24) is 9.62 Å². The zero-order chi connectivity index (χ0) is 11.3. The van der Waals surface area contributed by atoms with E-state index in [4.69, 9.17) is 0 Å².